The van der Waals surface area contributed by atoms with Crippen LogP contribution in [0.25, 0.3) is 91.1 Å². The highest BCUT2D eigenvalue weighted by molar-refractivity contribution is 5.68. The molecule has 12 aromatic rings. The van der Waals surface area contributed by atoms with Gasteiger partial charge in [0.1, 0.15) is 0 Å². The van der Waals surface area contributed by atoms with Crippen LogP contribution >= 0.6 is 0 Å². The molecule has 12 heteroatoms. The molecule has 12 aromatic heterocycles. The zero-order valence-electron chi connectivity index (χ0n) is 53.7. The predicted molar refractivity (Wildman–Crippen MR) is 372 cm³/mol. The summed E-state index contributed by atoms with van der Waals surface area (Å²) in [6.45, 7) is 27.1. The SMILES string of the molecule is C.CC.CCc1cc(-c2cc(C)ccn2)nc(-c2cc(C)ccn2)c1.CCc1ccnc(-c2cc(CC)cc(-c3cc(CC)ccn3)n2)c1.Cc1ccnc(-c2cc(C)cc(-c3cc(C)ccn3)n2)c1.Cc1ccnc(-c2cc(C)cc(-c3ccccn3)n2)c1. The van der Waals surface area contributed by atoms with Crippen LogP contribution in [0.1, 0.15) is 110 Å². The summed E-state index contributed by atoms with van der Waals surface area (Å²) in [5, 5.41) is 0. The molecular weight excluding hydrogens is 1100 g/mol. The molecule has 0 radical (unpaired) electrons. The van der Waals surface area contributed by atoms with E-state index in [4.69, 9.17) is 19.9 Å². The first kappa shape index (κ1) is 67.3. The van der Waals surface area contributed by atoms with E-state index < -0.39 is 0 Å². The van der Waals surface area contributed by atoms with Crippen LogP contribution in [0.4, 0.5) is 0 Å². The summed E-state index contributed by atoms with van der Waals surface area (Å²) < 4.78 is 0. The van der Waals surface area contributed by atoms with Gasteiger partial charge in [0.15, 0.2) is 0 Å². The molecule has 0 N–H and O–H groups in total. The van der Waals surface area contributed by atoms with Gasteiger partial charge in [0, 0.05) is 49.6 Å². The summed E-state index contributed by atoms with van der Waals surface area (Å²) in [6, 6.07) is 51.1. The van der Waals surface area contributed by atoms with Gasteiger partial charge in [-0.25, -0.2) is 19.9 Å². The number of pyridine rings is 12. The topological polar surface area (TPSA) is 155 Å². The third-order valence-corrected chi connectivity index (χ3v) is 14.3. The molecule has 0 bridgehead atoms. The Morgan fingerprint density at radius 3 is 0.667 bits per heavy atom. The van der Waals surface area contributed by atoms with E-state index in [2.05, 4.69) is 201 Å². The first-order chi connectivity index (χ1) is 43.2. The van der Waals surface area contributed by atoms with Gasteiger partial charge in [0.25, 0.3) is 0 Å². The maximum Gasteiger partial charge on any atom is 0.0897 e. The molecule has 90 heavy (non-hydrogen) atoms. The number of aromatic nitrogens is 12. The van der Waals surface area contributed by atoms with Crippen molar-refractivity contribution in [2.75, 3.05) is 0 Å². The zero-order chi connectivity index (χ0) is 63.2. The minimum Gasteiger partial charge on any atom is -0.255 e. The fourth-order valence-corrected chi connectivity index (χ4v) is 9.53. The lowest BCUT2D eigenvalue weighted by Crippen LogP contribution is -1.96. The third kappa shape index (κ3) is 18.9. The first-order valence-corrected chi connectivity index (χ1v) is 30.7. The Hall–Kier alpha value is -10.2. The van der Waals surface area contributed by atoms with E-state index in [0.29, 0.717) is 0 Å². The van der Waals surface area contributed by atoms with Gasteiger partial charge < -0.3 is 0 Å². The Morgan fingerprint density at radius 2 is 0.422 bits per heavy atom. The monoisotopic (exact) mass is 1190 g/mol. The molecule has 0 saturated heterocycles. The first-order valence-electron chi connectivity index (χ1n) is 30.7. The van der Waals surface area contributed by atoms with E-state index >= 15 is 0 Å². The average molecular weight is 1190 g/mol. The maximum atomic E-state index is 4.85. The van der Waals surface area contributed by atoms with Crippen molar-refractivity contribution >= 4 is 0 Å². The van der Waals surface area contributed by atoms with Gasteiger partial charge in [-0.1, -0.05) is 55.0 Å². The van der Waals surface area contributed by atoms with E-state index in [-0.39, 0.29) is 7.43 Å². The highest BCUT2D eigenvalue weighted by Crippen LogP contribution is 2.28. The van der Waals surface area contributed by atoms with Gasteiger partial charge in [0.05, 0.1) is 91.1 Å². The standard InChI is InChI=1S/C21H23N3.C19H19N3.C18H17N3.C17H15N3.C2H6.CH4/c1-4-15-7-9-22-18(11-15)20-13-17(6-3)14-21(24-20)19-12-16(5-2)8-10-23-19;1-4-15-11-18(16-9-13(2)5-7-20-16)22-19(12-15)17-10-14(3)6-8-21-17;1-12-4-6-19-15(8-12)17-10-14(3)11-18(21-17)16-9-13(2)5-7-20-16;1-12-6-8-19-15(9-12)17-11-13(2)10-16(20-17)14-5-3-4-7-18-14;1-2;/h7-14H,4-6H2,1-3H3;5-12H,4H2,1-3H3;4-11H,1-3H3;3-11H,1-2H3;1-2H3;1H4. The van der Waals surface area contributed by atoms with Gasteiger partial charge in [0.2, 0.25) is 0 Å². The smallest absolute Gasteiger partial charge is 0.0897 e. The van der Waals surface area contributed by atoms with Crippen molar-refractivity contribution in [1.29, 1.82) is 0 Å². The van der Waals surface area contributed by atoms with Gasteiger partial charge in [-0.3, -0.25) is 39.9 Å². The molecular formula is C78H84N12. The van der Waals surface area contributed by atoms with Gasteiger partial charge in [-0.2, -0.15) is 0 Å². The molecule has 0 spiro atoms. The second-order valence-electron chi connectivity index (χ2n) is 21.6. The van der Waals surface area contributed by atoms with Crippen molar-refractivity contribution in [3.8, 4) is 91.1 Å². The van der Waals surface area contributed by atoms with Gasteiger partial charge in [-0.15, -0.1) is 0 Å². The number of nitrogens with zero attached hydrogens (tertiary/aromatic N) is 12. The summed E-state index contributed by atoms with van der Waals surface area (Å²) in [4.78, 5) is 54.6. The number of hydrogen-bond acceptors (Lipinski definition) is 12. The third-order valence-electron chi connectivity index (χ3n) is 14.3. The molecule has 12 rings (SSSR count). The van der Waals surface area contributed by atoms with Crippen molar-refractivity contribution in [3.63, 3.8) is 0 Å². The fourth-order valence-electron chi connectivity index (χ4n) is 9.53. The minimum atomic E-state index is 0. The summed E-state index contributed by atoms with van der Waals surface area (Å²) in [5.41, 5.74) is 27.7. The van der Waals surface area contributed by atoms with Crippen LogP contribution < -0.4 is 0 Å². The summed E-state index contributed by atoms with van der Waals surface area (Å²) >= 11 is 0. The molecule has 0 aliphatic carbocycles. The Balaban J connectivity index is 0.000000169. The van der Waals surface area contributed by atoms with E-state index in [1.54, 1.807) is 6.20 Å². The summed E-state index contributed by atoms with van der Waals surface area (Å²) in [7, 11) is 0. The minimum absolute atomic E-state index is 0. The van der Waals surface area contributed by atoms with E-state index in [0.717, 1.165) is 128 Å². The fraction of sp³-hybridized carbons (Fsp3) is 0.231. The molecule has 12 heterocycles. The summed E-state index contributed by atoms with van der Waals surface area (Å²) in [5.74, 6) is 0. The van der Waals surface area contributed by atoms with Crippen LogP contribution in [0, 0.1) is 48.5 Å². The Bertz CT molecular complexity index is 4080. The lowest BCUT2D eigenvalue weighted by atomic mass is 10.1. The highest BCUT2D eigenvalue weighted by Gasteiger charge is 2.13. The average Bonchev–Trinajstić information content (AvgIpc) is 2.44. The molecule has 0 aromatic carbocycles. The van der Waals surface area contributed by atoms with Crippen molar-refractivity contribution in [3.05, 3.63) is 262 Å². The Labute approximate surface area is 533 Å². The summed E-state index contributed by atoms with van der Waals surface area (Å²) in [6.07, 6.45) is 18.5. The van der Waals surface area contributed by atoms with Crippen molar-refractivity contribution in [2.45, 2.75) is 123 Å². The molecule has 0 saturated carbocycles. The lowest BCUT2D eigenvalue weighted by molar-refractivity contribution is 1.09. The highest BCUT2D eigenvalue weighted by atomic mass is 14.8. The molecule has 0 aliphatic rings. The van der Waals surface area contributed by atoms with Crippen molar-refractivity contribution in [1.82, 2.24) is 59.8 Å². The van der Waals surface area contributed by atoms with Crippen LogP contribution in [0.3, 0.4) is 0 Å². The van der Waals surface area contributed by atoms with E-state index in [9.17, 15) is 0 Å². The predicted octanol–water partition coefficient (Wildman–Crippen LogP) is 18.9. The second kappa shape index (κ2) is 33.2. The van der Waals surface area contributed by atoms with Gasteiger partial charge >= 0.3 is 0 Å². The van der Waals surface area contributed by atoms with E-state index in [1.165, 1.54) is 50.1 Å². The Morgan fingerprint density at radius 1 is 0.211 bits per heavy atom. The number of rotatable bonds is 12. The maximum absolute atomic E-state index is 4.85. The molecule has 456 valence electrons. The number of hydrogen-bond donors (Lipinski definition) is 0. The molecule has 0 aliphatic heterocycles. The molecule has 0 atom stereocenters. The van der Waals surface area contributed by atoms with Crippen LogP contribution in [-0.4, -0.2) is 59.8 Å². The molecule has 0 unspecified atom stereocenters. The van der Waals surface area contributed by atoms with Crippen molar-refractivity contribution in [2.24, 2.45) is 0 Å². The van der Waals surface area contributed by atoms with Crippen molar-refractivity contribution < 1.29 is 0 Å². The largest absolute Gasteiger partial charge is 0.255 e. The molecule has 0 fully saturated rings. The Kier molecular flexibility index (Phi) is 24.9. The zero-order valence-corrected chi connectivity index (χ0v) is 53.7. The van der Waals surface area contributed by atoms with Crippen LogP contribution in [-0.2, 0) is 25.7 Å². The van der Waals surface area contributed by atoms with Crippen LogP contribution in [0.5, 0.6) is 0 Å². The normalized spacial score (nSPS) is 10.4. The molecule has 0 amide bonds. The lowest BCUT2D eigenvalue weighted by Gasteiger charge is -2.09. The molecule has 12 nitrogen and oxygen atoms in total. The second-order valence-corrected chi connectivity index (χ2v) is 21.6. The number of aryl methyl sites for hydroxylation is 11. The van der Waals surface area contributed by atoms with Gasteiger partial charge in [-0.05, 0) is 281 Å². The quantitative estimate of drug-likeness (QED) is 0.114. The van der Waals surface area contributed by atoms with E-state index in [1.807, 2.05) is 124 Å². The van der Waals surface area contributed by atoms with Crippen LogP contribution in [0.2, 0.25) is 0 Å². The van der Waals surface area contributed by atoms with Crippen LogP contribution in [0.15, 0.2) is 201 Å².